The molecule has 1 fully saturated rings. The Morgan fingerprint density at radius 1 is 1.15 bits per heavy atom. The molecule has 0 unspecified atom stereocenters. The minimum Gasteiger partial charge on any atom is -0.497 e. The number of aliphatic hydroxyl groups excluding tert-OH is 1. The van der Waals surface area contributed by atoms with E-state index >= 15 is 0 Å². The number of benzene rings is 2. The van der Waals surface area contributed by atoms with E-state index in [1.165, 1.54) is 0 Å². The first-order chi connectivity index (χ1) is 13.2. The Labute approximate surface area is 161 Å². The van der Waals surface area contributed by atoms with E-state index in [-0.39, 0.29) is 12.7 Å². The first kappa shape index (κ1) is 19.7. The summed E-state index contributed by atoms with van der Waals surface area (Å²) < 4.78 is 16.8. The van der Waals surface area contributed by atoms with Crippen molar-refractivity contribution < 1.29 is 19.3 Å². The lowest BCUT2D eigenvalue weighted by atomic mass is 10.1. The van der Waals surface area contributed by atoms with Crippen LogP contribution in [0.15, 0.2) is 54.6 Å². The largest absolute Gasteiger partial charge is 0.497 e. The third kappa shape index (κ3) is 6.54. The van der Waals surface area contributed by atoms with Crippen molar-refractivity contribution >= 4 is 0 Å². The summed E-state index contributed by atoms with van der Waals surface area (Å²) in [6.07, 6.45) is 1.85. The zero-order valence-electron chi connectivity index (χ0n) is 15.9. The molecule has 0 saturated carbocycles. The highest BCUT2D eigenvalue weighted by Gasteiger charge is 2.21. The van der Waals surface area contributed by atoms with Gasteiger partial charge >= 0.3 is 0 Å². The Bertz CT molecular complexity index is 673. The van der Waals surface area contributed by atoms with Gasteiger partial charge in [0.25, 0.3) is 0 Å². The van der Waals surface area contributed by atoms with Crippen molar-refractivity contribution in [2.75, 3.05) is 33.4 Å². The maximum atomic E-state index is 10.5. The van der Waals surface area contributed by atoms with E-state index in [0.717, 1.165) is 49.6 Å². The van der Waals surface area contributed by atoms with Crippen molar-refractivity contribution in [2.45, 2.75) is 31.6 Å². The topological polar surface area (TPSA) is 51.2 Å². The molecule has 0 amide bonds. The molecule has 5 heteroatoms. The Hall–Kier alpha value is -2.08. The standard InChI is InChI=1S/C22H29NO4/c1-25-21-10-5-7-18(13-21)14-23(16-22-11-6-12-26-22)15-19(24)17-27-20-8-3-2-4-9-20/h2-5,7-10,13,19,22,24H,6,11-12,14-17H2,1H3/t19-,22-/m1/s1. The third-order valence-electron chi connectivity index (χ3n) is 4.68. The van der Waals surface area contributed by atoms with Gasteiger partial charge in [-0.3, -0.25) is 4.90 Å². The molecule has 3 rings (SSSR count). The summed E-state index contributed by atoms with van der Waals surface area (Å²) in [6, 6.07) is 17.6. The number of ether oxygens (including phenoxy) is 3. The normalized spacial score (nSPS) is 17.8. The maximum Gasteiger partial charge on any atom is 0.119 e. The zero-order valence-corrected chi connectivity index (χ0v) is 15.9. The molecule has 0 aromatic heterocycles. The Kier molecular flexibility index (Phi) is 7.51. The summed E-state index contributed by atoms with van der Waals surface area (Å²) in [5, 5.41) is 10.5. The van der Waals surface area contributed by atoms with Gasteiger partial charge < -0.3 is 19.3 Å². The number of rotatable bonds is 10. The highest BCUT2D eigenvalue weighted by Crippen LogP contribution is 2.18. The highest BCUT2D eigenvalue weighted by atomic mass is 16.5. The number of para-hydroxylation sites is 1. The summed E-state index contributed by atoms with van der Waals surface area (Å²) in [6.45, 7) is 3.17. The highest BCUT2D eigenvalue weighted by molar-refractivity contribution is 5.28. The average Bonchev–Trinajstić information content (AvgIpc) is 3.20. The first-order valence-corrected chi connectivity index (χ1v) is 9.56. The van der Waals surface area contributed by atoms with Crippen molar-refractivity contribution in [1.82, 2.24) is 4.90 Å². The molecular formula is C22H29NO4. The van der Waals surface area contributed by atoms with Crippen LogP contribution in [0.5, 0.6) is 11.5 Å². The van der Waals surface area contributed by atoms with Gasteiger partial charge in [0.1, 0.15) is 24.2 Å². The van der Waals surface area contributed by atoms with Gasteiger partial charge in [0.2, 0.25) is 0 Å². The monoisotopic (exact) mass is 371 g/mol. The lowest BCUT2D eigenvalue weighted by Gasteiger charge is -2.27. The van der Waals surface area contributed by atoms with Crippen LogP contribution in [0.4, 0.5) is 0 Å². The Morgan fingerprint density at radius 2 is 1.96 bits per heavy atom. The number of aliphatic hydroxyl groups is 1. The first-order valence-electron chi connectivity index (χ1n) is 9.56. The molecular weight excluding hydrogens is 342 g/mol. The Balaban J connectivity index is 1.58. The fourth-order valence-electron chi connectivity index (χ4n) is 3.37. The molecule has 0 aliphatic carbocycles. The summed E-state index contributed by atoms with van der Waals surface area (Å²) >= 11 is 0. The van der Waals surface area contributed by atoms with Crippen LogP contribution in [0, 0.1) is 0 Å². The van der Waals surface area contributed by atoms with E-state index in [1.54, 1.807) is 7.11 Å². The van der Waals surface area contributed by atoms with E-state index in [4.69, 9.17) is 14.2 Å². The predicted molar refractivity (Wildman–Crippen MR) is 105 cm³/mol. The van der Waals surface area contributed by atoms with Crippen LogP contribution in [-0.2, 0) is 11.3 Å². The summed E-state index contributed by atoms with van der Waals surface area (Å²) in [4.78, 5) is 2.24. The fraction of sp³-hybridized carbons (Fsp3) is 0.455. The number of hydrogen-bond acceptors (Lipinski definition) is 5. The molecule has 27 heavy (non-hydrogen) atoms. The van der Waals surface area contributed by atoms with E-state index in [9.17, 15) is 5.11 Å². The van der Waals surface area contributed by atoms with Crippen molar-refractivity contribution in [3.05, 3.63) is 60.2 Å². The van der Waals surface area contributed by atoms with Crippen molar-refractivity contribution in [2.24, 2.45) is 0 Å². The third-order valence-corrected chi connectivity index (χ3v) is 4.68. The molecule has 1 heterocycles. The minimum absolute atomic E-state index is 0.234. The summed E-state index contributed by atoms with van der Waals surface area (Å²) in [5.74, 6) is 1.62. The van der Waals surface area contributed by atoms with E-state index in [1.807, 2.05) is 48.5 Å². The predicted octanol–water partition coefficient (Wildman–Crippen LogP) is 3.12. The second-order valence-corrected chi connectivity index (χ2v) is 6.96. The van der Waals surface area contributed by atoms with Gasteiger partial charge in [-0.25, -0.2) is 0 Å². The van der Waals surface area contributed by atoms with E-state index in [2.05, 4.69) is 11.0 Å². The average molecular weight is 371 g/mol. The quantitative estimate of drug-likeness (QED) is 0.695. The fourth-order valence-corrected chi connectivity index (χ4v) is 3.37. The van der Waals surface area contributed by atoms with Crippen molar-refractivity contribution in [3.63, 3.8) is 0 Å². The van der Waals surface area contributed by atoms with Crippen LogP contribution in [0.25, 0.3) is 0 Å². The summed E-state index contributed by atoms with van der Waals surface area (Å²) in [7, 11) is 1.67. The van der Waals surface area contributed by atoms with Gasteiger partial charge in [0.05, 0.1) is 13.2 Å². The molecule has 1 saturated heterocycles. The van der Waals surface area contributed by atoms with Crippen LogP contribution in [0.2, 0.25) is 0 Å². The minimum atomic E-state index is -0.572. The van der Waals surface area contributed by atoms with Gasteiger partial charge in [0.15, 0.2) is 0 Å². The van der Waals surface area contributed by atoms with Gasteiger partial charge in [-0.2, -0.15) is 0 Å². The van der Waals surface area contributed by atoms with Crippen molar-refractivity contribution in [1.29, 1.82) is 0 Å². The lowest BCUT2D eigenvalue weighted by Crippen LogP contribution is -2.39. The molecule has 0 bridgehead atoms. The molecule has 2 aromatic carbocycles. The van der Waals surface area contributed by atoms with Gasteiger partial charge in [0, 0.05) is 26.2 Å². The number of methoxy groups -OCH3 is 1. The Morgan fingerprint density at radius 3 is 2.70 bits per heavy atom. The second-order valence-electron chi connectivity index (χ2n) is 6.96. The molecule has 5 nitrogen and oxygen atoms in total. The molecule has 1 aliphatic rings. The van der Waals surface area contributed by atoms with Crippen LogP contribution in [-0.4, -0.2) is 55.6 Å². The van der Waals surface area contributed by atoms with Gasteiger partial charge in [-0.15, -0.1) is 0 Å². The van der Waals surface area contributed by atoms with Crippen LogP contribution in [0.1, 0.15) is 18.4 Å². The smallest absolute Gasteiger partial charge is 0.119 e. The zero-order chi connectivity index (χ0) is 18.9. The van der Waals surface area contributed by atoms with Gasteiger partial charge in [-0.05, 0) is 42.7 Å². The summed E-state index contributed by atoms with van der Waals surface area (Å²) in [5.41, 5.74) is 1.16. The molecule has 0 radical (unpaired) electrons. The lowest BCUT2D eigenvalue weighted by molar-refractivity contribution is 0.0313. The number of nitrogens with zero attached hydrogens (tertiary/aromatic N) is 1. The van der Waals surface area contributed by atoms with Crippen LogP contribution in [0.3, 0.4) is 0 Å². The van der Waals surface area contributed by atoms with Crippen LogP contribution >= 0.6 is 0 Å². The molecule has 1 aliphatic heterocycles. The molecule has 146 valence electrons. The molecule has 1 N–H and O–H groups in total. The number of hydrogen-bond donors (Lipinski definition) is 1. The molecule has 2 aromatic rings. The van der Waals surface area contributed by atoms with Crippen LogP contribution < -0.4 is 9.47 Å². The molecule has 0 spiro atoms. The SMILES string of the molecule is COc1cccc(CN(C[C@@H](O)COc2ccccc2)C[C@H]2CCCO2)c1. The van der Waals surface area contributed by atoms with Gasteiger partial charge in [-0.1, -0.05) is 30.3 Å². The maximum absolute atomic E-state index is 10.5. The van der Waals surface area contributed by atoms with E-state index < -0.39 is 6.10 Å². The van der Waals surface area contributed by atoms with Crippen molar-refractivity contribution in [3.8, 4) is 11.5 Å². The van der Waals surface area contributed by atoms with E-state index in [0.29, 0.717) is 6.54 Å². The second kappa shape index (κ2) is 10.3. The molecule has 2 atom stereocenters.